The van der Waals surface area contributed by atoms with E-state index in [0.717, 1.165) is 0 Å². The summed E-state index contributed by atoms with van der Waals surface area (Å²) in [6, 6.07) is 4.85. The molecule has 0 aliphatic carbocycles. The zero-order valence-electron chi connectivity index (χ0n) is 12.8. The van der Waals surface area contributed by atoms with Crippen LogP contribution in [0.4, 0.5) is 0 Å². The maximum Gasteiger partial charge on any atom is 0.255 e. The van der Waals surface area contributed by atoms with Crippen LogP contribution < -0.4 is 10.1 Å². The fraction of sp³-hybridized carbons (Fsp3) is 0.400. The third-order valence-corrected chi connectivity index (χ3v) is 3.59. The van der Waals surface area contributed by atoms with Crippen LogP contribution >= 0.6 is 11.6 Å². The number of carbonyl (C=O) groups is 1. The van der Waals surface area contributed by atoms with Crippen molar-refractivity contribution >= 4 is 17.5 Å². The first-order valence-electron chi connectivity index (χ1n) is 6.99. The number of nitrogens with zero attached hydrogens (tertiary/aromatic N) is 3. The molecule has 118 valence electrons. The molecule has 1 heterocycles. The molecule has 0 spiro atoms. The molecule has 0 aliphatic heterocycles. The van der Waals surface area contributed by atoms with Gasteiger partial charge in [-0.1, -0.05) is 25.4 Å². The predicted octanol–water partition coefficient (Wildman–Crippen LogP) is 2.39. The molecule has 0 radical (unpaired) electrons. The largest absolute Gasteiger partial charge is 0.496 e. The van der Waals surface area contributed by atoms with E-state index in [1.165, 1.54) is 7.11 Å². The molecule has 2 aromatic rings. The molecule has 0 saturated carbocycles. The van der Waals surface area contributed by atoms with Crippen LogP contribution in [0, 0.1) is 5.92 Å². The molecular formula is C15H19ClN4O2. The standard InChI is InChI=1S/C15H19ClN4O2/c1-10(2)13(9-20-17-6-7-18-20)19-15(21)12-8-11(16)4-5-14(12)22-3/h4-8,10,13H,9H2,1-3H3,(H,19,21). The first-order chi connectivity index (χ1) is 10.5. The number of carbonyl (C=O) groups excluding carboxylic acids is 1. The molecule has 2 rings (SSSR count). The minimum atomic E-state index is -0.231. The Labute approximate surface area is 134 Å². The highest BCUT2D eigenvalue weighted by atomic mass is 35.5. The lowest BCUT2D eigenvalue weighted by Crippen LogP contribution is -2.42. The fourth-order valence-electron chi connectivity index (χ4n) is 2.04. The maximum absolute atomic E-state index is 12.5. The van der Waals surface area contributed by atoms with Crippen molar-refractivity contribution in [2.75, 3.05) is 7.11 Å². The van der Waals surface area contributed by atoms with Crippen molar-refractivity contribution in [3.8, 4) is 5.75 Å². The summed E-state index contributed by atoms with van der Waals surface area (Å²) in [6.07, 6.45) is 3.22. The van der Waals surface area contributed by atoms with E-state index in [4.69, 9.17) is 16.3 Å². The van der Waals surface area contributed by atoms with Gasteiger partial charge < -0.3 is 10.1 Å². The third-order valence-electron chi connectivity index (χ3n) is 3.35. The second-order valence-corrected chi connectivity index (χ2v) is 5.69. The zero-order chi connectivity index (χ0) is 16.1. The lowest BCUT2D eigenvalue weighted by molar-refractivity contribution is 0.0914. The van der Waals surface area contributed by atoms with Crippen molar-refractivity contribution < 1.29 is 9.53 Å². The number of halogens is 1. The first-order valence-corrected chi connectivity index (χ1v) is 7.37. The van der Waals surface area contributed by atoms with Crippen LogP contribution in [-0.4, -0.2) is 34.1 Å². The molecule has 0 saturated heterocycles. The van der Waals surface area contributed by atoms with E-state index in [2.05, 4.69) is 15.5 Å². The Morgan fingerprint density at radius 1 is 1.36 bits per heavy atom. The van der Waals surface area contributed by atoms with Gasteiger partial charge in [-0.3, -0.25) is 4.79 Å². The van der Waals surface area contributed by atoms with Gasteiger partial charge in [-0.2, -0.15) is 15.0 Å². The van der Waals surface area contributed by atoms with Gasteiger partial charge in [0.05, 0.1) is 37.7 Å². The maximum atomic E-state index is 12.5. The summed E-state index contributed by atoms with van der Waals surface area (Å²) in [5, 5.41) is 11.6. The predicted molar refractivity (Wildman–Crippen MR) is 84.1 cm³/mol. The molecule has 22 heavy (non-hydrogen) atoms. The summed E-state index contributed by atoms with van der Waals surface area (Å²) in [6.45, 7) is 4.56. The molecule has 1 atom stereocenters. The summed E-state index contributed by atoms with van der Waals surface area (Å²) in [4.78, 5) is 14.1. The highest BCUT2D eigenvalue weighted by Crippen LogP contribution is 2.23. The molecule has 1 unspecified atom stereocenters. The van der Waals surface area contributed by atoms with E-state index >= 15 is 0 Å². The van der Waals surface area contributed by atoms with E-state index in [9.17, 15) is 4.79 Å². The second-order valence-electron chi connectivity index (χ2n) is 5.25. The number of hydrogen-bond donors (Lipinski definition) is 1. The lowest BCUT2D eigenvalue weighted by Gasteiger charge is -2.22. The van der Waals surface area contributed by atoms with E-state index in [1.807, 2.05) is 13.8 Å². The fourth-order valence-corrected chi connectivity index (χ4v) is 2.21. The number of ether oxygens (including phenoxy) is 1. The average molecular weight is 323 g/mol. The number of aromatic nitrogens is 3. The van der Waals surface area contributed by atoms with Crippen molar-refractivity contribution in [1.82, 2.24) is 20.3 Å². The van der Waals surface area contributed by atoms with Crippen LogP contribution in [0.25, 0.3) is 0 Å². The highest BCUT2D eigenvalue weighted by Gasteiger charge is 2.21. The molecule has 1 N–H and O–H groups in total. The average Bonchev–Trinajstić information content (AvgIpc) is 2.99. The summed E-state index contributed by atoms with van der Waals surface area (Å²) in [5.74, 6) is 0.479. The van der Waals surface area contributed by atoms with Crippen LogP contribution in [0.15, 0.2) is 30.6 Å². The summed E-state index contributed by atoms with van der Waals surface area (Å²) >= 11 is 5.97. The smallest absolute Gasteiger partial charge is 0.255 e. The highest BCUT2D eigenvalue weighted by molar-refractivity contribution is 6.31. The van der Waals surface area contributed by atoms with Gasteiger partial charge in [0.15, 0.2) is 0 Å². The minimum Gasteiger partial charge on any atom is -0.496 e. The van der Waals surface area contributed by atoms with Crippen molar-refractivity contribution in [1.29, 1.82) is 0 Å². The monoisotopic (exact) mass is 322 g/mol. The van der Waals surface area contributed by atoms with Crippen molar-refractivity contribution in [2.24, 2.45) is 5.92 Å². The van der Waals surface area contributed by atoms with E-state index < -0.39 is 0 Å². The van der Waals surface area contributed by atoms with E-state index in [0.29, 0.717) is 22.9 Å². The van der Waals surface area contributed by atoms with Crippen LogP contribution in [0.2, 0.25) is 5.02 Å². The number of benzene rings is 1. The molecule has 0 aliphatic rings. The second kappa shape index (κ2) is 7.26. The van der Waals surface area contributed by atoms with Gasteiger partial charge in [0.1, 0.15) is 5.75 Å². The number of hydrogen-bond acceptors (Lipinski definition) is 4. The molecular weight excluding hydrogens is 304 g/mol. The Morgan fingerprint density at radius 3 is 2.64 bits per heavy atom. The van der Waals surface area contributed by atoms with Crippen LogP contribution in [0.3, 0.4) is 0 Å². The molecule has 6 nitrogen and oxygen atoms in total. The Hall–Kier alpha value is -2.08. The van der Waals surface area contributed by atoms with Gasteiger partial charge in [0, 0.05) is 5.02 Å². The summed E-state index contributed by atoms with van der Waals surface area (Å²) in [7, 11) is 1.52. The van der Waals surface area contributed by atoms with Crippen LogP contribution in [0.1, 0.15) is 24.2 Å². The molecule has 0 fully saturated rings. The third kappa shape index (κ3) is 3.98. The molecule has 7 heteroatoms. The van der Waals surface area contributed by atoms with Crippen molar-refractivity contribution in [2.45, 2.75) is 26.4 Å². The first kappa shape index (κ1) is 16.3. The number of methoxy groups -OCH3 is 1. The Bertz CT molecular complexity index is 628. The van der Waals surface area contributed by atoms with Crippen molar-refractivity contribution in [3.05, 3.63) is 41.2 Å². The van der Waals surface area contributed by atoms with Crippen molar-refractivity contribution in [3.63, 3.8) is 0 Å². The minimum absolute atomic E-state index is 0.108. The number of amides is 1. The topological polar surface area (TPSA) is 69.0 Å². The Kier molecular flexibility index (Phi) is 5.38. The zero-order valence-corrected chi connectivity index (χ0v) is 13.5. The van der Waals surface area contributed by atoms with Gasteiger partial charge in [-0.15, -0.1) is 0 Å². The van der Waals surface area contributed by atoms with Gasteiger partial charge in [0.25, 0.3) is 5.91 Å². The number of nitrogens with one attached hydrogen (secondary N) is 1. The van der Waals surface area contributed by atoms with E-state index in [-0.39, 0.29) is 17.9 Å². The molecule has 0 bridgehead atoms. The summed E-state index contributed by atoms with van der Waals surface area (Å²) < 4.78 is 5.22. The molecule has 1 aromatic heterocycles. The number of rotatable bonds is 6. The van der Waals surface area contributed by atoms with Gasteiger partial charge in [-0.25, -0.2) is 0 Å². The lowest BCUT2D eigenvalue weighted by atomic mass is 10.0. The summed E-state index contributed by atoms with van der Waals surface area (Å²) in [5.41, 5.74) is 0.411. The van der Waals surface area contributed by atoms with Crippen LogP contribution in [0.5, 0.6) is 5.75 Å². The van der Waals surface area contributed by atoms with Gasteiger partial charge in [0.2, 0.25) is 0 Å². The van der Waals surface area contributed by atoms with Gasteiger partial charge >= 0.3 is 0 Å². The quantitative estimate of drug-likeness (QED) is 0.886. The molecule has 1 amide bonds. The SMILES string of the molecule is COc1ccc(Cl)cc1C(=O)NC(Cn1nccn1)C(C)C. The molecule has 1 aromatic carbocycles. The van der Waals surface area contributed by atoms with Crippen LogP contribution in [-0.2, 0) is 6.54 Å². The Morgan fingerprint density at radius 2 is 2.05 bits per heavy atom. The Balaban J connectivity index is 2.16. The van der Waals surface area contributed by atoms with E-state index in [1.54, 1.807) is 35.4 Å². The normalized spacial score (nSPS) is 12.2. The van der Waals surface area contributed by atoms with Gasteiger partial charge in [-0.05, 0) is 24.1 Å².